The van der Waals surface area contributed by atoms with Gasteiger partial charge in [-0.25, -0.2) is 0 Å². The quantitative estimate of drug-likeness (QED) is 0.274. The summed E-state index contributed by atoms with van der Waals surface area (Å²) >= 11 is 0. The Morgan fingerprint density at radius 3 is 2.04 bits per heavy atom. The zero-order valence-electron chi connectivity index (χ0n) is 18.4. The van der Waals surface area contributed by atoms with E-state index in [1.807, 2.05) is 12.2 Å². The number of unbranched alkanes of at least 4 members (excludes halogenated alkanes) is 1. The second kappa shape index (κ2) is 21.3. The Bertz CT molecular complexity index is 321. The molecule has 0 aromatic rings. The van der Waals surface area contributed by atoms with Crippen molar-refractivity contribution in [3.05, 3.63) is 36.5 Å². The average Bonchev–Trinajstić information content (AvgIpc) is 2.63. The first kappa shape index (κ1) is 26.4. The highest BCUT2D eigenvalue weighted by Gasteiger charge is 2.06. The van der Waals surface area contributed by atoms with E-state index >= 15 is 0 Å². The fraction of sp³-hybridized carbons (Fsp3) is 0.760. The van der Waals surface area contributed by atoms with Crippen LogP contribution in [0.5, 0.6) is 0 Å². The molecule has 2 unspecified atom stereocenters. The SMILES string of the molecule is C=C/C=C(\C=C/CC)CC.CCCCC(C)CCCC(CC)CCC. The molecule has 0 radical (unpaired) electrons. The Morgan fingerprint density at radius 1 is 0.880 bits per heavy atom. The van der Waals surface area contributed by atoms with Gasteiger partial charge in [-0.3, -0.25) is 0 Å². The Morgan fingerprint density at radius 2 is 1.56 bits per heavy atom. The minimum atomic E-state index is 0.962. The summed E-state index contributed by atoms with van der Waals surface area (Å²) in [5.41, 5.74) is 1.34. The van der Waals surface area contributed by atoms with E-state index in [1.165, 1.54) is 63.4 Å². The summed E-state index contributed by atoms with van der Waals surface area (Å²) in [4.78, 5) is 0. The van der Waals surface area contributed by atoms with Gasteiger partial charge < -0.3 is 0 Å². The summed E-state index contributed by atoms with van der Waals surface area (Å²) in [6, 6.07) is 0. The van der Waals surface area contributed by atoms with Gasteiger partial charge in [-0.1, -0.05) is 130 Å². The number of rotatable bonds is 14. The molecule has 25 heavy (non-hydrogen) atoms. The molecule has 0 spiro atoms. The monoisotopic (exact) mass is 348 g/mol. The van der Waals surface area contributed by atoms with Crippen LogP contribution in [-0.2, 0) is 0 Å². The van der Waals surface area contributed by atoms with E-state index in [2.05, 4.69) is 60.3 Å². The van der Waals surface area contributed by atoms with E-state index in [9.17, 15) is 0 Å². The van der Waals surface area contributed by atoms with E-state index in [1.54, 1.807) is 0 Å². The summed E-state index contributed by atoms with van der Waals surface area (Å²) < 4.78 is 0. The Labute approximate surface area is 160 Å². The smallest absolute Gasteiger partial charge is 0.0308 e. The van der Waals surface area contributed by atoms with Gasteiger partial charge in [0.15, 0.2) is 0 Å². The van der Waals surface area contributed by atoms with Gasteiger partial charge in [-0.15, -0.1) is 0 Å². The van der Waals surface area contributed by atoms with Crippen LogP contribution in [0, 0.1) is 11.8 Å². The third-order valence-corrected chi connectivity index (χ3v) is 4.94. The molecule has 0 heteroatoms. The lowest BCUT2D eigenvalue weighted by atomic mass is 9.91. The summed E-state index contributed by atoms with van der Waals surface area (Å²) in [6.07, 6.45) is 23.2. The highest BCUT2D eigenvalue weighted by molar-refractivity contribution is 5.22. The number of hydrogen-bond acceptors (Lipinski definition) is 0. The van der Waals surface area contributed by atoms with Gasteiger partial charge in [0.1, 0.15) is 0 Å². The van der Waals surface area contributed by atoms with Crippen LogP contribution in [0.15, 0.2) is 36.5 Å². The molecule has 0 aliphatic carbocycles. The second-order valence-electron chi connectivity index (χ2n) is 7.38. The van der Waals surface area contributed by atoms with Gasteiger partial charge >= 0.3 is 0 Å². The van der Waals surface area contributed by atoms with Crippen LogP contribution in [-0.4, -0.2) is 0 Å². The summed E-state index contributed by atoms with van der Waals surface area (Å²) in [6.45, 7) is 17.3. The molecule has 0 saturated carbocycles. The molecule has 0 aromatic heterocycles. The molecule has 0 rings (SSSR count). The van der Waals surface area contributed by atoms with Crippen molar-refractivity contribution in [3.8, 4) is 0 Å². The molecule has 148 valence electrons. The largest absolute Gasteiger partial charge is 0.0991 e. The zero-order valence-corrected chi connectivity index (χ0v) is 18.4. The molecule has 0 aliphatic rings. The molecule has 0 heterocycles. The van der Waals surface area contributed by atoms with Gasteiger partial charge in [-0.05, 0) is 30.3 Å². The standard InChI is InChI=1S/C15H32.C10H16/c1-5-8-11-14(4)12-9-13-15(7-3)10-6-2;1-4-7-9-10(6-3)8-5-2/h14-15H,5-13H2,1-4H3;5,7-9H,2,4,6H2,1,3H3/b;9-7-,10-8-. The molecule has 0 saturated heterocycles. The predicted octanol–water partition coefficient (Wildman–Crippen LogP) is 9.28. The fourth-order valence-electron chi connectivity index (χ4n) is 3.12. The van der Waals surface area contributed by atoms with Crippen molar-refractivity contribution in [1.29, 1.82) is 0 Å². The van der Waals surface area contributed by atoms with Gasteiger partial charge in [0.25, 0.3) is 0 Å². The molecular formula is C25H48. The molecule has 0 bridgehead atoms. The lowest BCUT2D eigenvalue weighted by Crippen LogP contribution is -2.01. The molecular weight excluding hydrogens is 300 g/mol. The second-order valence-corrected chi connectivity index (χ2v) is 7.38. The molecule has 0 fully saturated rings. The van der Waals surface area contributed by atoms with Gasteiger partial charge in [0, 0.05) is 0 Å². The predicted molar refractivity (Wildman–Crippen MR) is 119 cm³/mol. The van der Waals surface area contributed by atoms with Crippen molar-refractivity contribution in [3.63, 3.8) is 0 Å². The third kappa shape index (κ3) is 19.4. The van der Waals surface area contributed by atoms with Crippen molar-refractivity contribution in [2.24, 2.45) is 11.8 Å². The Kier molecular flexibility index (Phi) is 22.5. The van der Waals surface area contributed by atoms with Crippen molar-refractivity contribution in [2.75, 3.05) is 0 Å². The topological polar surface area (TPSA) is 0 Å². The summed E-state index contributed by atoms with van der Waals surface area (Å²) in [5, 5.41) is 0. The van der Waals surface area contributed by atoms with E-state index in [0.717, 1.165) is 24.7 Å². The van der Waals surface area contributed by atoms with Crippen LogP contribution >= 0.6 is 0 Å². The molecule has 0 aliphatic heterocycles. The number of allylic oxidation sites excluding steroid dienone is 5. The molecule has 0 N–H and O–H groups in total. The maximum Gasteiger partial charge on any atom is -0.0308 e. The minimum absolute atomic E-state index is 0.962. The van der Waals surface area contributed by atoms with E-state index < -0.39 is 0 Å². The van der Waals surface area contributed by atoms with Gasteiger partial charge in [0.05, 0.1) is 0 Å². The van der Waals surface area contributed by atoms with Gasteiger partial charge in [-0.2, -0.15) is 0 Å². The van der Waals surface area contributed by atoms with Crippen LogP contribution < -0.4 is 0 Å². The molecule has 2 atom stereocenters. The molecule has 0 aromatic carbocycles. The van der Waals surface area contributed by atoms with Gasteiger partial charge in [0.2, 0.25) is 0 Å². The maximum atomic E-state index is 3.65. The van der Waals surface area contributed by atoms with Crippen LogP contribution in [0.1, 0.15) is 112 Å². The average molecular weight is 349 g/mol. The first-order valence-corrected chi connectivity index (χ1v) is 11.1. The lowest BCUT2D eigenvalue weighted by Gasteiger charge is -2.15. The normalized spacial score (nSPS) is 14.1. The maximum absolute atomic E-state index is 3.65. The van der Waals surface area contributed by atoms with Crippen LogP contribution in [0.4, 0.5) is 0 Å². The summed E-state index contributed by atoms with van der Waals surface area (Å²) in [7, 11) is 0. The van der Waals surface area contributed by atoms with Crippen LogP contribution in [0.25, 0.3) is 0 Å². The highest BCUT2D eigenvalue weighted by Crippen LogP contribution is 2.21. The first-order valence-electron chi connectivity index (χ1n) is 11.1. The Balaban J connectivity index is 0. The van der Waals surface area contributed by atoms with E-state index in [-0.39, 0.29) is 0 Å². The minimum Gasteiger partial charge on any atom is -0.0991 e. The van der Waals surface area contributed by atoms with Crippen molar-refractivity contribution in [2.45, 2.75) is 112 Å². The third-order valence-electron chi connectivity index (χ3n) is 4.94. The fourth-order valence-corrected chi connectivity index (χ4v) is 3.12. The molecule has 0 nitrogen and oxygen atoms in total. The Hall–Kier alpha value is -0.780. The zero-order chi connectivity index (χ0) is 19.3. The van der Waals surface area contributed by atoms with Crippen molar-refractivity contribution < 1.29 is 0 Å². The van der Waals surface area contributed by atoms with Crippen molar-refractivity contribution in [1.82, 2.24) is 0 Å². The van der Waals surface area contributed by atoms with Crippen LogP contribution in [0.3, 0.4) is 0 Å². The summed E-state index contributed by atoms with van der Waals surface area (Å²) in [5.74, 6) is 1.97. The lowest BCUT2D eigenvalue weighted by molar-refractivity contribution is 0.378. The van der Waals surface area contributed by atoms with Crippen LogP contribution in [0.2, 0.25) is 0 Å². The van der Waals surface area contributed by atoms with E-state index in [0.29, 0.717) is 0 Å². The highest BCUT2D eigenvalue weighted by atomic mass is 14.1. The first-order chi connectivity index (χ1) is 12.1. The van der Waals surface area contributed by atoms with Crippen molar-refractivity contribution >= 4 is 0 Å². The number of hydrogen-bond donors (Lipinski definition) is 0. The van der Waals surface area contributed by atoms with E-state index in [4.69, 9.17) is 0 Å². The molecule has 0 amide bonds.